The fraction of sp³-hybridized carbons (Fsp3) is 0.346. The molecule has 2 amide bonds. The third-order valence-corrected chi connectivity index (χ3v) is 6.59. The number of amides is 2. The fourth-order valence-corrected chi connectivity index (χ4v) is 4.80. The van der Waals surface area contributed by atoms with Crippen LogP contribution in [-0.2, 0) is 17.6 Å². The van der Waals surface area contributed by atoms with E-state index in [-0.39, 0.29) is 24.2 Å². The molecule has 0 unspecified atom stereocenters. The number of halogens is 2. The average Bonchev–Trinajstić information content (AvgIpc) is 3.24. The number of hydrogen-bond donors (Lipinski definition) is 1. The van der Waals surface area contributed by atoms with Crippen LogP contribution in [0.2, 0.25) is 0 Å². The summed E-state index contributed by atoms with van der Waals surface area (Å²) in [5.41, 5.74) is 3.66. The van der Waals surface area contributed by atoms with E-state index in [1.165, 1.54) is 24.3 Å². The van der Waals surface area contributed by atoms with E-state index in [1.807, 2.05) is 4.90 Å². The Morgan fingerprint density at radius 2 is 1.66 bits per heavy atom. The van der Waals surface area contributed by atoms with Crippen molar-refractivity contribution in [2.45, 2.75) is 25.7 Å². The monoisotopic (exact) mass is 479 g/mol. The topological polar surface area (TPSA) is 70.5 Å². The van der Waals surface area contributed by atoms with Crippen LogP contribution in [0.15, 0.2) is 48.5 Å². The Balaban J connectivity index is 1.24. The Bertz CT molecular complexity index is 1230. The second-order valence-electron chi connectivity index (χ2n) is 9.00. The van der Waals surface area contributed by atoms with E-state index in [4.69, 9.17) is 0 Å². The minimum absolute atomic E-state index is 0.104. The molecule has 7 nitrogen and oxygen atoms in total. The SMILES string of the molecule is O=C(CN1CCN(C(=O)c2nn(-c3ccc(F)cc3)c3c2CCCC3)CC1)Nc1cccc(F)c1. The van der Waals surface area contributed by atoms with Gasteiger partial charge < -0.3 is 10.2 Å². The zero-order valence-corrected chi connectivity index (χ0v) is 19.3. The van der Waals surface area contributed by atoms with Crippen molar-refractivity contribution in [1.29, 1.82) is 0 Å². The van der Waals surface area contributed by atoms with Crippen molar-refractivity contribution in [1.82, 2.24) is 19.6 Å². The molecule has 1 saturated heterocycles. The molecule has 0 spiro atoms. The first-order chi connectivity index (χ1) is 17.0. The Morgan fingerprint density at radius 3 is 2.40 bits per heavy atom. The van der Waals surface area contributed by atoms with Crippen LogP contribution in [0.5, 0.6) is 0 Å². The summed E-state index contributed by atoms with van der Waals surface area (Å²) in [5, 5.41) is 7.39. The van der Waals surface area contributed by atoms with E-state index in [0.717, 1.165) is 42.6 Å². The Morgan fingerprint density at radius 1 is 0.914 bits per heavy atom. The number of carbonyl (C=O) groups excluding carboxylic acids is 2. The standard InChI is InChI=1S/C26H27F2N5O2/c27-18-8-10-21(11-9-18)33-23-7-2-1-6-22(23)25(30-33)26(35)32-14-12-31(13-15-32)17-24(34)29-20-5-3-4-19(28)16-20/h3-5,8-11,16H,1-2,6-7,12-15,17H2,(H,29,34). The van der Waals surface area contributed by atoms with E-state index >= 15 is 0 Å². The predicted molar refractivity (Wildman–Crippen MR) is 128 cm³/mol. The van der Waals surface area contributed by atoms with Crippen molar-refractivity contribution in [2.24, 2.45) is 0 Å². The van der Waals surface area contributed by atoms with Gasteiger partial charge in [-0.25, -0.2) is 13.5 Å². The molecule has 2 heterocycles. The molecule has 1 N–H and O–H groups in total. The molecule has 35 heavy (non-hydrogen) atoms. The second-order valence-corrected chi connectivity index (χ2v) is 9.00. The Hall–Kier alpha value is -3.59. The molecule has 1 fully saturated rings. The zero-order chi connectivity index (χ0) is 24.4. The normalized spacial score (nSPS) is 16.1. The molecule has 2 aromatic carbocycles. The highest BCUT2D eigenvalue weighted by Crippen LogP contribution is 2.28. The number of benzene rings is 2. The lowest BCUT2D eigenvalue weighted by Crippen LogP contribution is -2.50. The molecular weight excluding hydrogens is 452 g/mol. The minimum Gasteiger partial charge on any atom is -0.335 e. The van der Waals surface area contributed by atoms with Gasteiger partial charge in [-0.05, 0) is 68.1 Å². The van der Waals surface area contributed by atoms with Crippen LogP contribution >= 0.6 is 0 Å². The highest BCUT2D eigenvalue weighted by atomic mass is 19.1. The van der Waals surface area contributed by atoms with Crippen LogP contribution in [0.3, 0.4) is 0 Å². The van der Waals surface area contributed by atoms with Gasteiger partial charge in [-0.3, -0.25) is 14.5 Å². The molecule has 9 heteroatoms. The fourth-order valence-electron chi connectivity index (χ4n) is 4.80. The van der Waals surface area contributed by atoms with Gasteiger partial charge in [-0.15, -0.1) is 0 Å². The smallest absolute Gasteiger partial charge is 0.274 e. The van der Waals surface area contributed by atoms with Crippen LogP contribution in [0.4, 0.5) is 14.5 Å². The molecule has 1 aliphatic carbocycles. The number of hydrogen-bond acceptors (Lipinski definition) is 4. The number of nitrogens with zero attached hydrogens (tertiary/aromatic N) is 4. The summed E-state index contributed by atoms with van der Waals surface area (Å²) >= 11 is 0. The summed E-state index contributed by atoms with van der Waals surface area (Å²) in [6.45, 7) is 2.27. The number of fused-ring (bicyclic) bond motifs is 1. The Kier molecular flexibility index (Phi) is 6.59. The summed E-state index contributed by atoms with van der Waals surface area (Å²) < 4.78 is 28.5. The average molecular weight is 480 g/mol. The van der Waals surface area contributed by atoms with Crippen molar-refractivity contribution in [3.63, 3.8) is 0 Å². The second kappa shape index (κ2) is 9.95. The number of aromatic nitrogens is 2. The molecule has 0 saturated carbocycles. The van der Waals surface area contributed by atoms with E-state index in [0.29, 0.717) is 37.6 Å². The van der Waals surface area contributed by atoms with Crippen LogP contribution in [-0.4, -0.2) is 64.1 Å². The van der Waals surface area contributed by atoms with Crippen molar-refractivity contribution < 1.29 is 18.4 Å². The molecular formula is C26H27F2N5O2. The number of rotatable bonds is 5. The third kappa shape index (κ3) is 5.09. The first-order valence-electron chi connectivity index (χ1n) is 11.9. The van der Waals surface area contributed by atoms with Gasteiger partial charge >= 0.3 is 0 Å². The van der Waals surface area contributed by atoms with Crippen LogP contribution in [0.25, 0.3) is 5.69 Å². The molecule has 182 valence electrons. The molecule has 0 atom stereocenters. The molecule has 1 aromatic heterocycles. The van der Waals surface area contributed by atoms with E-state index < -0.39 is 5.82 Å². The Labute approximate surface area is 202 Å². The lowest BCUT2D eigenvalue weighted by molar-refractivity contribution is -0.117. The number of anilines is 1. The summed E-state index contributed by atoms with van der Waals surface area (Å²) in [6, 6.07) is 12.0. The van der Waals surface area contributed by atoms with Crippen LogP contribution in [0, 0.1) is 11.6 Å². The van der Waals surface area contributed by atoms with Crippen molar-refractivity contribution in [3.05, 3.63) is 77.1 Å². The van der Waals surface area contributed by atoms with Crippen LogP contribution < -0.4 is 5.32 Å². The maximum atomic E-state index is 13.4. The van der Waals surface area contributed by atoms with Crippen molar-refractivity contribution in [3.8, 4) is 5.69 Å². The first kappa shape index (κ1) is 23.2. The predicted octanol–water partition coefficient (Wildman–Crippen LogP) is 3.43. The third-order valence-electron chi connectivity index (χ3n) is 6.59. The zero-order valence-electron chi connectivity index (χ0n) is 19.3. The maximum absolute atomic E-state index is 13.4. The summed E-state index contributed by atoms with van der Waals surface area (Å²) in [6.07, 6.45) is 3.68. The van der Waals surface area contributed by atoms with Gasteiger partial charge in [-0.2, -0.15) is 5.10 Å². The van der Waals surface area contributed by atoms with Gasteiger partial charge in [0.15, 0.2) is 5.69 Å². The molecule has 5 rings (SSSR count). The van der Waals surface area contributed by atoms with E-state index in [1.54, 1.807) is 33.8 Å². The number of piperazine rings is 1. The lowest BCUT2D eigenvalue weighted by atomic mass is 9.95. The lowest BCUT2D eigenvalue weighted by Gasteiger charge is -2.34. The van der Waals surface area contributed by atoms with E-state index in [2.05, 4.69) is 10.4 Å². The van der Waals surface area contributed by atoms with Gasteiger partial charge in [0.25, 0.3) is 5.91 Å². The quantitative estimate of drug-likeness (QED) is 0.609. The summed E-state index contributed by atoms with van der Waals surface area (Å²) in [7, 11) is 0. The number of nitrogens with one attached hydrogen (secondary N) is 1. The maximum Gasteiger partial charge on any atom is 0.274 e. The highest BCUT2D eigenvalue weighted by Gasteiger charge is 2.30. The molecule has 1 aliphatic heterocycles. The van der Waals surface area contributed by atoms with Gasteiger partial charge in [0.05, 0.1) is 12.2 Å². The van der Waals surface area contributed by atoms with E-state index in [9.17, 15) is 18.4 Å². The van der Waals surface area contributed by atoms with Gasteiger partial charge in [0.2, 0.25) is 5.91 Å². The summed E-state index contributed by atoms with van der Waals surface area (Å²) in [5.74, 6) is -1.04. The molecule has 0 radical (unpaired) electrons. The summed E-state index contributed by atoms with van der Waals surface area (Å²) in [4.78, 5) is 29.5. The number of carbonyl (C=O) groups is 2. The molecule has 0 bridgehead atoms. The molecule has 2 aliphatic rings. The van der Waals surface area contributed by atoms with Crippen LogP contribution in [0.1, 0.15) is 34.6 Å². The minimum atomic E-state index is -0.404. The first-order valence-corrected chi connectivity index (χ1v) is 11.9. The van der Waals surface area contributed by atoms with Gasteiger partial charge in [0, 0.05) is 43.1 Å². The van der Waals surface area contributed by atoms with Crippen molar-refractivity contribution >= 4 is 17.5 Å². The van der Waals surface area contributed by atoms with Gasteiger partial charge in [-0.1, -0.05) is 6.07 Å². The van der Waals surface area contributed by atoms with Gasteiger partial charge in [0.1, 0.15) is 11.6 Å². The largest absolute Gasteiger partial charge is 0.335 e. The van der Waals surface area contributed by atoms with Crippen molar-refractivity contribution in [2.75, 3.05) is 38.0 Å². The highest BCUT2D eigenvalue weighted by molar-refractivity contribution is 5.94. The molecule has 3 aromatic rings.